The molecular weight excluding hydrogens is 240 g/mol. The van der Waals surface area contributed by atoms with Gasteiger partial charge in [-0.1, -0.05) is 18.9 Å². The zero-order chi connectivity index (χ0) is 13.5. The Kier molecular flexibility index (Phi) is 5.21. The minimum absolute atomic E-state index is 0.0405. The third kappa shape index (κ3) is 4.56. The molecule has 0 radical (unpaired) electrons. The highest BCUT2D eigenvalue weighted by Gasteiger charge is 2.14. The Bertz CT molecular complexity index is 414. The van der Waals surface area contributed by atoms with Crippen molar-refractivity contribution in [1.29, 1.82) is 0 Å². The number of hydrogen-bond donors (Lipinski definition) is 2. The fourth-order valence-corrected chi connectivity index (χ4v) is 2.44. The van der Waals surface area contributed by atoms with Crippen LogP contribution in [0.5, 0.6) is 5.75 Å². The SMILES string of the molecule is COc1cccc(NC(=O)CCNC2CCCC2)c1. The van der Waals surface area contributed by atoms with E-state index in [1.807, 2.05) is 24.3 Å². The molecule has 1 aliphatic carbocycles. The van der Waals surface area contributed by atoms with Gasteiger partial charge in [-0.05, 0) is 25.0 Å². The number of hydrogen-bond acceptors (Lipinski definition) is 3. The summed E-state index contributed by atoms with van der Waals surface area (Å²) in [6.45, 7) is 0.750. The fraction of sp³-hybridized carbons (Fsp3) is 0.533. The lowest BCUT2D eigenvalue weighted by molar-refractivity contribution is -0.116. The molecule has 19 heavy (non-hydrogen) atoms. The minimum Gasteiger partial charge on any atom is -0.497 e. The summed E-state index contributed by atoms with van der Waals surface area (Å²) in [4.78, 5) is 11.8. The van der Waals surface area contributed by atoms with Gasteiger partial charge in [0.05, 0.1) is 7.11 Å². The van der Waals surface area contributed by atoms with Crippen LogP contribution >= 0.6 is 0 Å². The summed E-state index contributed by atoms with van der Waals surface area (Å²) in [5, 5.41) is 6.32. The van der Waals surface area contributed by atoms with E-state index in [-0.39, 0.29) is 5.91 Å². The van der Waals surface area contributed by atoms with Crippen LogP contribution in [0.3, 0.4) is 0 Å². The van der Waals surface area contributed by atoms with E-state index in [1.54, 1.807) is 7.11 Å². The van der Waals surface area contributed by atoms with Crippen molar-refractivity contribution in [3.8, 4) is 5.75 Å². The van der Waals surface area contributed by atoms with Crippen molar-refractivity contribution in [2.75, 3.05) is 19.0 Å². The van der Waals surface area contributed by atoms with E-state index in [0.29, 0.717) is 12.5 Å². The molecule has 1 aromatic rings. The smallest absolute Gasteiger partial charge is 0.225 e. The second kappa shape index (κ2) is 7.14. The van der Waals surface area contributed by atoms with Gasteiger partial charge < -0.3 is 15.4 Å². The van der Waals surface area contributed by atoms with Crippen LogP contribution in [0.15, 0.2) is 24.3 Å². The maximum atomic E-state index is 11.8. The van der Waals surface area contributed by atoms with Crippen LogP contribution < -0.4 is 15.4 Å². The van der Waals surface area contributed by atoms with Crippen LogP contribution in [0.25, 0.3) is 0 Å². The molecule has 0 heterocycles. The lowest BCUT2D eigenvalue weighted by Crippen LogP contribution is -2.29. The first-order valence-corrected chi connectivity index (χ1v) is 6.95. The van der Waals surface area contributed by atoms with Crippen LogP contribution in [0.4, 0.5) is 5.69 Å². The Morgan fingerprint density at radius 2 is 2.16 bits per heavy atom. The normalized spacial score (nSPS) is 15.4. The number of carbonyl (C=O) groups excluding carboxylic acids is 1. The Hall–Kier alpha value is -1.55. The van der Waals surface area contributed by atoms with Gasteiger partial charge in [-0.15, -0.1) is 0 Å². The number of carbonyl (C=O) groups is 1. The minimum atomic E-state index is 0.0405. The van der Waals surface area contributed by atoms with Crippen molar-refractivity contribution in [1.82, 2.24) is 5.32 Å². The molecule has 0 saturated heterocycles. The topological polar surface area (TPSA) is 50.4 Å². The predicted molar refractivity (Wildman–Crippen MR) is 76.5 cm³/mol. The molecule has 4 nitrogen and oxygen atoms in total. The van der Waals surface area contributed by atoms with E-state index in [1.165, 1.54) is 25.7 Å². The van der Waals surface area contributed by atoms with Gasteiger partial charge in [-0.25, -0.2) is 0 Å². The molecule has 1 fully saturated rings. The van der Waals surface area contributed by atoms with Crippen LogP contribution in [-0.2, 0) is 4.79 Å². The second-order valence-corrected chi connectivity index (χ2v) is 4.97. The van der Waals surface area contributed by atoms with Gasteiger partial charge >= 0.3 is 0 Å². The fourth-order valence-electron chi connectivity index (χ4n) is 2.44. The van der Waals surface area contributed by atoms with E-state index in [9.17, 15) is 4.79 Å². The summed E-state index contributed by atoms with van der Waals surface area (Å²) in [6.07, 6.45) is 5.63. The van der Waals surface area contributed by atoms with Crippen molar-refractivity contribution in [3.05, 3.63) is 24.3 Å². The molecule has 4 heteroatoms. The lowest BCUT2D eigenvalue weighted by atomic mass is 10.2. The van der Waals surface area contributed by atoms with Crippen molar-refractivity contribution in [3.63, 3.8) is 0 Å². The van der Waals surface area contributed by atoms with Crippen molar-refractivity contribution < 1.29 is 9.53 Å². The molecule has 1 aliphatic rings. The monoisotopic (exact) mass is 262 g/mol. The quantitative estimate of drug-likeness (QED) is 0.828. The van der Waals surface area contributed by atoms with E-state index in [2.05, 4.69) is 10.6 Å². The number of rotatable bonds is 6. The van der Waals surface area contributed by atoms with Crippen molar-refractivity contribution in [2.45, 2.75) is 38.1 Å². The molecule has 1 saturated carbocycles. The molecule has 0 unspecified atom stereocenters. The second-order valence-electron chi connectivity index (χ2n) is 4.97. The van der Waals surface area contributed by atoms with Crippen molar-refractivity contribution in [2.24, 2.45) is 0 Å². The highest BCUT2D eigenvalue weighted by atomic mass is 16.5. The van der Waals surface area contributed by atoms with Crippen LogP contribution in [0.2, 0.25) is 0 Å². The number of anilines is 1. The largest absolute Gasteiger partial charge is 0.497 e. The Balaban J connectivity index is 1.70. The predicted octanol–water partition coefficient (Wildman–Crippen LogP) is 2.56. The van der Waals surface area contributed by atoms with E-state index >= 15 is 0 Å². The van der Waals surface area contributed by atoms with Gasteiger partial charge in [0.1, 0.15) is 5.75 Å². The van der Waals surface area contributed by atoms with E-state index in [4.69, 9.17) is 4.74 Å². The number of nitrogens with one attached hydrogen (secondary N) is 2. The van der Waals surface area contributed by atoms with Gasteiger partial charge in [0, 0.05) is 30.8 Å². The van der Waals surface area contributed by atoms with Crippen LogP contribution in [0, 0.1) is 0 Å². The zero-order valence-electron chi connectivity index (χ0n) is 11.4. The van der Waals surface area contributed by atoms with Gasteiger partial charge in [-0.2, -0.15) is 0 Å². The van der Waals surface area contributed by atoms with Gasteiger partial charge in [0.2, 0.25) is 5.91 Å². The number of ether oxygens (including phenoxy) is 1. The Morgan fingerprint density at radius 3 is 2.89 bits per heavy atom. The third-order valence-corrected chi connectivity index (χ3v) is 3.49. The Morgan fingerprint density at radius 1 is 1.37 bits per heavy atom. The van der Waals surface area contributed by atoms with Crippen LogP contribution in [0.1, 0.15) is 32.1 Å². The first kappa shape index (κ1) is 13.9. The van der Waals surface area contributed by atoms with Crippen molar-refractivity contribution >= 4 is 11.6 Å². The number of methoxy groups -OCH3 is 1. The average Bonchev–Trinajstić information content (AvgIpc) is 2.92. The first-order valence-electron chi connectivity index (χ1n) is 6.95. The third-order valence-electron chi connectivity index (χ3n) is 3.49. The summed E-state index contributed by atoms with van der Waals surface area (Å²) in [5.41, 5.74) is 0.783. The molecule has 104 valence electrons. The lowest BCUT2D eigenvalue weighted by Gasteiger charge is -2.11. The van der Waals surface area contributed by atoms with E-state index in [0.717, 1.165) is 18.0 Å². The molecule has 2 rings (SSSR count). The zero-order valence-corrected chi connectivity index (χ0v) is 11.4. The maximum Gasteiger partial charge on any atom is 0.225 e. The summed E-state index contributed by atoms with van der Waals surface area (Å²) in [6, 6.07) is 8.03. The molecule has 0 bridgehead atoms. The molecule has 0 aromatic heterocycles. The Labute approximate surface area is 114 Å². The summed E-state index contributed by atoms with van der Waals surface area (Å²) in [7, 11) is 1.62. The maximum absolute atomic E-state index is 11.8. The molecule has 2 N–H and O–H groups in total. The molecule has 1 amide bonds. The molecule has 0 spiro atoms. The van der Waals surface area contributed by atoms with E-state index < -0.39 is 0 Å². The number of benzene rings is 1. The average molecular weight is 262 g/mol. The van der Waals surface area contributed by atoms with Gasteiger partial charge in [0.25, 0.3) is 0 Å². The number of amides is 1. The summed E-state index contributed by atoms with van der Waals surface area (Å²) >= 11 is 0. The molecule has 1 aromatic carbocycles. The standard InChI is InChI=1S/C15H22N2O2/c1-19-14-8-4-7-13(11-14)17-15(18)9-10-16-12-5-2-3-6-12/h4,7-8,11-12,16H,2-3,5-6,9-10H2,1H3,(H,17,18). The molecule has 0 atom stereocenters. The first-order chi connectivity index (χ1) is 9.28. The molecule has 0 aliphatic heterocycles. The summed E-state index contributed by atoms with van der Waals surface area (Å²) in [5.74, 6) is 0.792. The van der Waals surface area contributed by atoms with Crippen LogP contribution in [-0.4, -0.2) is 25.6 Å². The summed E-state index contributed by atoms with van der Waals surface area (Å²) < 4.78 is 5.12. The van der Waals surface area contributed by atoms with Gasteiger partial charge in [0.15, 0.2) is 0 Å². The highest BCUT2D eigenvalue weighted by molar-refractivity contribution is 5.90. The highest BCUT2D eigenvalue weighted by Crippen LogP contribution is 2.18. The molecular formula is C15H22N2O2. The van der Waals surface area contributed by atoms with Gasteiger partial charge in [-0.3, -0.25) is 4.79 Å².